The van der Waals surface area contributed by atoms with E-state index in [1.165, 1.54) is 16.9 Å². The Bertz CT molecular complexity index is 153. The second-order valence-corrected chi connectivity index (χ2v) is 2.93. The summed E-state index contributed by atoms with van der Waals surface area (Å²) in [5.41, 5.74) is 0. The van der Waals surface area contributed by atoms with Crippen LogP contribution in [-0.2, 0) is 4.18 Å². The lowest BCUT2D eigenvalue weighted by atomic mass is 10.3. The van der Waals surface area contributed by atoms with Gasteiger partial charge in [-0.15, -0.1) is 0 Å². The minimum absolute atomic E-state index is 0.0844. The molecule has 1 rings (SSSR count). The number of hydrogen-bond acceptors (Lipinski definition) is 3. The number of carbonyl (C=O) groups is 1. The highest BCUT2D eigenvalue weighted by Gasteiger charge is 2.26. The van der Waals surface area contributed by atoms with Crippen LogP contribution in [0.25, 0.3) is 0 Å². The Labute approximate surface area is 69.7 Å². The Morgan fingerprint density at radius 2 is 2.55 bits per heavy atom. The molecule has 0 bridgehead atoms. The molecule has 4 nitrogen and oxygen atoms in total. The molecule has 1 heterocycles. The van der Waals surface area contributed by atoms with Crippen LogP contribution in [0.3, 0.4) is 0 Å². The van der Waals surface area contributed by atoms with Crippen molar-refractivity contribution in [2.24, 2.45) is 0 Å². The van der Waals surface area contributed by atoms with Gasteiger partial charge in [0, 0.05) is 12.8 Å². The molecular weight excluding hydrogens is 166 g/mol. The second-order valence-electron chi connectivity index (χ2n) is 2.40. The fourth-order valence-corrected chi connectivity index (χ4v) is 1.55. The van der Waals surface area contributed by atoms with Gasteiger partial charge in [0.05, 0.1) is 12.6 Å². The highest BCUT2D eigenvalue weighted by molar-refractivity contribution is 7.93. The van der Waals surface area contributed by atoms with Crippen LogP contribution in [0.1, 0.15) is 6.42 Å². The molecule has 0 radical (unpaired) electrons. The molecule has 1 amide bonds. The summed E-state index contributed by atoms with van der Waals surface area (Å²) in [7, 11) is 0. The van der Waals surface area contributed by atoms with E-state index in [9.17, 15) is 4.79 Å². The molecule has 1 atom stereocenters. The van der Waals surface area contributed by atoms with Crippen molar-refractivity contribution in [2.45, 2.75) is 12.5 Å². The zero-order valence-corrected chi connectivity index (χ0v) is 7.13. The van der Waals surface area contributed by atoms with Crippen molar-refractivity contribution in [2.75, 3.05) is 19.3 Å². The molecule has 1 fully saturated rings. The van der Waals surface area contributed by atoms with Crippen molar-refractivity contribution in [1.29, 1.82) is 0 Å². The molecule has 1 N–H and O–H groups in total. The number of carboxylic acid groups (broad SMARTS) is 1. The van der Waals surface area contributed by atoms with Gasteiger partial charge in [-0.1, -0.05) is 0 Å². The first kappa shape index (κ1) is 8.67. The summed E-state index contributed by atoms with van der Waals surface area (Å²) >= 11 is 1.29. The molecule has 0 aromatic carbocycles. The summed E-state index contributed by atoms with van der Waals surface area (Å²) in [5.74, 6) is 0. The molecule has 0 aromatic rings. The Kier molecular flexibility index (Phi) is 3.02. The van der Waals surface area contributed by atoms with Gasteiger partial charge in [0.25, 0.3) is 0 Å². The third-order valence-corrected chi connectivity index (χ3v) is 2.11. The van der Waals surface area contributed by atoms with Gasteiger partial charge in [-0.25, -0.2) is 4.79 Å². The van der Waals surface area contributed by atoms with Crippen molar-refractivity contribution < 1.29 is 14.1 Å². The summed E-state index contributed by atoms with van der Waals surface area (Å²) in [4.78, 5) is 11.8. The minimum Gasteiger partial charge on any atom is -0.465 e. The Balaban J connectivity index is 2.29. The van der Waals surface area contributed by atoms with Gasteiger partial charge in [0.1, 0.15) is 0 Å². The van der Waals surface area contributed by atoms with Crippen molar-refractivity contribution in [3.05, 3.63) is 0 Å². The van der Waals surface area contributed by atoms with Crippen LogP contribution in [-0.4, -0.2) is 41.5 Å². The number of amides is 1. The summed E-state index contributed by atoms with van der Waals surface area (Å²) in [6.07, 6.45) is 1.88. The van der Waals surface area contributed by atoms with E-state index in [1.807, 2.05) is 6.26 Å². The normalized spacial score (nSPS) is 24.1. The van der Waals surface area contributed by atoms with E-state index in [-0.39, 0.29) is 6.10 Å². The lowest BCUT2D eigenvalue weighted by Gasteiger charge is -2.10. The predicted molar refractivity (Wildman–Crippen MR) is 42.6 cm³/mol. The average Bonchev–Trinajstić information content (AvgIpc) is 2.37. The van der Waals surface area contributed by atoms with Gasteiger partial charge in [0.2, 0.25) is 0 Å². The van der Waals surface area contributed by atoms with E-state index in [1.54, 1.807) is 0 Å². The van der Waals surface area contributed by atoms with E-state index >= 15 is 0 Å². The van der Waals surface area contributed by atoms with Crippen LogP contribution in [0, 0.1) is 0 Å². The number of hydrogen-bond donors (Lipinski definition) is 1. The summed E-state index contributed by atoms with van der Waals surface area (Å²) in [5, 5.41) is 8.56. The summed E-state index contributed by atoms with van der Waals surface area (Å²) in [6, 6.07) is 0. The van der Waals surface area contributed by atoms with E-state index in [2.05, 4.69) is 0 Å². The molecular formula is C6H11NO3S. The minimum atomic E-state index is -0.850. The van der Waals surface area contributed by atoms with Gasteiger partial charge >= 0.3 is 6.09 Å². The largest absolute Gasteiger partial charge is 0.465 e. The molecule has 0 unspecified atom stereocenters. The van der Waals surface area contributed by atoms with Gasteiger partial charge in [0.15, 0.2) is 0 Å². The van der Waals surface area contributed by atoms with Crippen LogP contribution in [0.2, 0.25) is 0 Å². The smallest absolute Gasteiger partial charge is 0.407 e. The van der Waals surface area contributed by atoms with Gasteiger partial charge in [-0.2, -0.15) is 0 Å². The molecule has 1 saturated heterocycles. The number of likely N-dealkylation sites (tertiary alicyclic amines) is 1. The Morgan fingerprint density at radius 3 is 3.00 bits per heavy atom. The first-order valence-corrected chi connectivity index (χ1v) is 4.56. The zero-order valence-electron chi connectivity index (χ0n) is 6.32. The number of rotatable bonds is 2. The van der Waals surface area contributed by atoms with Crippen molar-refractivity contribution in [3.8, 4) is 0 Å². The van der Waals surface area contributed by atoms with Crippen LogP contribution < -0.4 is 0 Å². The first-order valence-electron chi connectivity index (χ1n) is 3.41. The average molecular weight is 177 g/mol. The number of nitrogens with zero attached hydrogens (tertiary/aromatic N) is 1. The highest BCUT2D eigenvalue weighted by atomic mass is 32.2. The zero-order chi connectivity index (χ0) is 8.27. The third kappa shape index (κ3) is 2.27. The molecule has 1 aliphatic heterocycles. The third-order valence-electron chi connectivity index (χ3n) is 1.65. The fraction of sp³-hybridized carbons (Fsp3) is 0.833. The maximum absolute atomic E-state index is 10.4. The maximum atomic E-state index is 10.4. The molecule has 1 aliphatic rings. The van der Waals surface area contributed by atoms with Crippen LogP contribution >= 0.6 is 12.0 Å². The Morgan fingerprint density at radius 1 is 1.82 bits per heavy atom. The standard InChI is InChI=1S/C6H11NO3S/c1-11-10-5-2-3-7(4-5)6(8)9/h5H,2-4H2,1H3,(H,8,9)/t5-/m1/s1. The van der Waals surface area contributed by atoms with Gasteiger partial charge in [-0.05, 0) is 18.5 Å². The van der Waals surface area contributed by atoms with Gasteiger partial charge < -0.3 is 14.2 Å². The molecule has 64 valence electrons. The van der Waals surface area contributed by atoms with E-state index < -0.39 is 6.09 Å². The van der Waals surface area contributed by atoms with Crippen molar-refractivity contribution in [1.82, 2.24) is 4.90 Å². The predicted octanol–water partition coefficient (Wildman–Crippen LogP) is 1.03. The van der Waals surface area contributed by atoms with E-state index in [0.717, 1.165) is 6.42 Å². The molecule has 0 spiro atoms. The van der Waals surface area contributed by atoms with Crippen LogP contribution in [0.4, 0.5) is 4.79 Å². The van der Waals surface area contributed by atoms with Crippen molar-refractivity contribution >= 4 is 18.1 Å². The lowest BCUT2D eigenvalue weighted by Crippen LogP contribution is -2.27. The molecule has 0 aliphatic carbocycles. The monoisotopic (exact) mass is 177 g/mol. The van der Waals surface area contributed by atoms with Crippen molar-refractivity contribution in [3.63, 3.8) is 0 Å². The van der Waals surface area contributed by atoms with E-state index in [4.69, 9.17) is 9.29 Å². The summed E-state index contributed by atoms with van der Waals surface area (Å²) in [6.45, 7) is 1.11. The molecule has 0 aromatic heterocycles. The lowest BCUT2D eigenvalue weighted by molar-refractivity contribution is 0.149. The van der Waals surface area contributed by atoms with Crippen LogP contribution in [0.15, 0.2) is 0 Å². The fourth-order valence-electron chi connectivity index (χ4n) is 1.12. The SMILES string of the molecule is CSO[C@@H]1CCN(C(=O)O)C1. The molecule has 0 saturated carbocycles. The topological polar surface area (TPSA) is 49.8 Å². The first-order chi connectivity index (χ1) is 5.24. The maximum Gasteiger partial charge on any atom is 0.407 e. The highest BCUT2D eigenvalue weighted by Crippen LogP contribution is 2.16. The van der Waals surface area contributed by atoms with Gasteiger partial charge in [-0.3, -0.25) is 0 Å². The second kappa shape index (κ2) is 3.82. The molecule has 5 heteroatoms. The molecule has 11 heavy (non-hydrogen) atoms. The van der Waals surface area contributed by atoms with E-state index in [0.29, 0.717) is 13.1 Å². The summed E-state index contributed by atoms with van der Waals surface area (Å²) < 4.78 is 5.19. The van der Waals surface area contributed by atoms with Crippen LogP contribution in [0.5, 0.6) is 0 Å². The Hall–Kier alpha value is -0.420. The quantitative estimate of drug-likeness (QED) is 0.640.